The molecule has 378 valence electrons. The van der Waals surface area contributed by atoms with Gasteiger partial charge in [-0.3, -0.25) is 28.8 Å². The number of imidazole rings is 1. The SMILES string of the molecule is CC(=O)Cc1cc(C(=O)Cc2cn(C)c(C(=O)CCCC(=O)CCCCN(C)C)n2)n(C)c1.Cc1ccc(COc2ccc(COC(=O)CCCC(=O)OCC3c4ccccc4-c4ccccc43)cc2)cc1. The van der Waals surface area contributed by atoms with Crippen molar-refractivity contribution in [1.82, 2.24) is 19.0 Å². The van der Waals surface area contributed by atoms with E-state index in [0.717, 1.165) is 41.8 Å². The second kappa shape index (κ2) is 26.8. The number of hydrogen-bond acceptors (Lipinski definition) is 11. The third-order valence-electron chi connectivity index (χ3n) is 12.5. The summed E-state index contributed by atoms with van der Waals surface area (Å²) in [4.78, 5) is 79.7. The van der Waals surface area contributed by atoms with Crippen molar-refractivity contribution in [2.24, 2.45) is 14.1 Å². The topological polar surface area (TPSA) is 156 Å². The zero-order chi connectivity index (χ0) is 51.6. The maximum absolute atomic E-state index is 12.7. The largest absolute Gasteiger partial charge is 0.489 e. The van der Waals surface area contributed by atoms with Crippen molar-refractivity contribution in [3.8, 4) is 16.9 Å². The monoisotopic (exact) mass is 976 g/mol. The number of unbranched alkanes of at least 4 members (excludes halogenated alkanes) is 1. The predicted molar refractivity (Wildman–Crippen MR) is 277 cm³/mol. The molecule has 0 N–H and O–H groups in total. The Hall–Kier alpha value is -7.25. The number of hydrogen-bond donors (Lipinski definition) is 0. The van der Waals surface area contributed by atoms with E-state index in [-0.39, 0.29) is 73.3 Å². The van der Waals surface area contributed by atoms with E-state index in [1.54, 1.807) is 41.7 Å². The number of rotatable bonds is 26. The Kier molecular flexibility index (Phi) is 20.1. The molecule has 0 saturated carbocycles. The van der Waals surface area contributed by atoms with Crippen LogP contribution in [-0.2, 0) is 68.8 Å². The molecule has 0 amide bonds. The van der Waals surface area contributed by atoms with Gasteiger partial charge in [-0.1, -0.05) is 90.5 Å². The molecule has 0 spiro atoms. The zero-order valence-corrected chi connectivity index (χ0v) is 42.6. The molecule has 0 atom stereocenters. The summed E-state index contributed by atoms with van der Waals surface area (Å²) in [5, 5.41) is 0. The Labute approximate surface area is 423 Å². The van der Waals surface area contributed by atoms with Gasteiger partial charge in [-0.25, -0.2) is 4.98 Å². The Morgan fingerprint density at radius 3 is 1.86 bits per heavy atom. The van der Waals surface area contributed by atoms with Crippen LogP contribution in [0.3, 0.4) is 0 Å². The number of fused-ring (bicyclic) bond motifs is 3. The van der Waals surface area contributed by atoms with Gasteiger partial charge in [-0.2, -0.15) is 0 Å². The molecule has 13 nitrogen and oxygen atoms in total. The molecule has 72 heavy (non-hydrogen) atoms. The molecule has 13 heteroatoms. The van der Waals surface area contributed by atoms with E-state index < -0.39 is 0 Å². The Morgan fingerprint density at radius 1 is 0.611 bits per heavy atom. The highest BCUT2D eigenvalue weighted by atomic mass is 16.5. The van der Waals surface area contributed by atoms with Crippen LogP contribution < -0.4 is 4.74 Å². The highest BCUT2D eigenvalue weighted by Gasteiger charge is 2.29. The molecule has 4 aromatic carbocycles. The van der Waals surface area contributed by atoms with Crippen molar-refractivity contribution in [3.63, 3.8) is 0 Å². The van der Waals surface area contributed by atoms with E-state index in [0.29, 0.717) is 62.5 Å². The normalized spacial score (nSPS) is 11.6. The third kappa shape index (κ3) is 16.4. The summed E-state index contributed by atoms with van der Waals surface area (Å²) in [5.41, 5.74) is 9.79. The van der Waals surface area contributed by atoms with Gasteiger partial charge in [0.05, 0.1) is 17.8 Å². The standard InChI is InChI=1S/C34H32O5.C25H36N4O4/c1-24-13-15-25(16-14-24)21-37-27-19-17-26(18-20-27)22-38-33(35)11-6-12-34(36)39-23-32-30-9-4-2-7-28(30)29-8-3-5-10-31(29)32;1-18(30)13-19-14-22(28(4)16-19)24(33)15-20-17-29(5)25(26-20)23(32)11-8-10-21(31)9-6-7-12-27(2)3/h2-5,7-10,13-20,32H,6,11-12,21-23H2,1H3;14,16-17H,6-13,15H2,1-5H3. The lowest BCUT2D eigenvalue weighted by Crippen LogP contribution is -2.13. The summed E-state index contributed by atoms with van der Waals surface area (Å²) >= 11 is 0. The van der Waals surface area contributed by atoms with Crippen molar-refractivity contribution in [3.05, 3.63) is 166 Å². The Bertz CT molecular complexity index is 2760. The van der Waals surface area contributed by atoms with Gasteiger partial charge in [-0.05, 0) is 117 Å². The van der Waals surface area contributed by atoms with Gasteiger partial charge in [0.2, 0.25) is 0 Å². The van der Waals surface area contributed by atoms with E-state index in [1.165, 1.54) is 34.7 Å². The molecule has 1 aliphatic rings. The second-order valence-corrected chi connectivity index (χ2v) is 18.9. The molecule has 0 unspecified atom stereocenters. The number of aromatic nitrogens is 3. The second-order valence-electron chi connectivity index (χ2n) is 18.9. The molecule has 0 radical (unpaired) electrons. The molecular formula is C59H68N4O9. The number of benzene rings is 4. The molecular weight excluding hydrogens is 909 g/mol. The zero-order valence-electron chi connectivity index (χ0n) is 42.6. The number of ketones is 4. The van der Waals surface area contributed by atoms with Crippen LogP contribution in [0.4, 0.5) is 0 Å². The first-order valence-electron chi connectivity index (χ1n) is 24.8. The summed E-state index contributed by atoms with van der Waals surface area (Å²) in [7, 11) is 7.53. The summed E-state index contributed by atoms with van der Waals surface area (Å²) in [6.45, 7) is 5.52. The lowest BCUT2D eigenvalue weighted by Gasteiger charge is -2.14. The average Bonchev–Trinajstić information content (AvgIpc) is 4.02. The Morgan fingerprint density at radius 2 is 1.21 bits per heavy atom. The van der Waals surface area contributed by atoms with Crippen LogP contribution in [0.2, 0.25) is 0 Å². The fourth-order valence-electron chi connectivity index (χ4n) is 8.69. The van der Waals surface area contributed by atoms with Gasteiger partial charge in [0.25, 0.3) is 0 Å². The van der Waals surface area contributed by atoms with Crippen LogP contribution in [0.5, 0.6) is 5.75 Å². The van der Waals surface area contributed by atoms with Crippen molar-refractivity contribution in [2.45, 2.75) is 104 Å². The third-order valence-corrected chi connectivity index (χ3v) is 12.5. The van der Waals surface area contributed by atoms with Crippen LogP contribution in [0, 0.1) is 6.92 Å². The van der Waals surface area contributed by atoms with Crippen LogP contribution >= 0.6 is 0 Å². The number of ether oxygens (including phenoxy) is 3. The average molecular weight is 977 g/mol. The van der Waals surface area contributed by atoms with Crippen LogP contribution in [0.1, 0.15) is 131 Å². The Balaban J connectivity index is 0.000000239. The van der Waals surface area contributed by atoms with E-state index >= 15 is 0 Å². The van der Waals surface area contributed by atoms with Crippen molar-refractivity contribution >= 4 is 35.1 Å². The highest BCUT2D eigenvalue weighted by molar-refractivity contribution is 5.97. The number of nitrogens with zero attached hydrogens (tertiary/aromatic N) is 4. The lowest BCUT2D eigenvalue weighted by molar-refractivity contribution is -0.146. The first-order chi connectivity index (χ1) is 34.6. The van der Waals surface area contributed by atoms with Crippen LogP contribution in [0.25, 0.3) is 11.1 Å². The summed E-state index contributed by atoms with van der Waals surface area (Å²) in [5.74, 6) is 0.452. The minimum Gasteiger partial charge on any atom is -0.489 e. The molecule has 0 fully saturated rings. The van der Waals surface area contributed by atoms with Gasteiger partial charge >= 0.3 is 11.9 Å². The quantitative estimate of drug-likeness (QED) is 0.0290. The van der Waals surface area contributed by atoms with E-state index in [4.69, 9.17) is 14.2 Å². The molecule has 7 rings (SSSR count). The van der Waals surface area contributed by atoms with Gasteiger partial charge in [0.1, 0.15) is 37.1 Å². The fourth-order valence-corrected chi connectivity index (χ4v) is 8.69. The number of carbonyl (C=O) groups is 6. The van der Waals surface area contributed by atoms with Gasteiger partial charge in [0, 0.05) is 70.9 Å². The molecule has 0 bridgehead atoms. The van der Waals surface area contributed by atoms with E-state index in [2.05, 4.69) is 65.3 Å². The minimum atomic E-state index is -0.332. The van der Waals surface area contributed by atoms with Crippen molar-refractivity contribution in [2.75, 3.05) is 27.2 Å². The number of esters is 2. The van der Waals surface area contributed by atoms with Gasteiger partial charge in [-0.15, -0.1) is 0 Å². The maximum Gasteiger partial charge on any atom is 0.306 e. The first-order valence-corrected chi connectivity index (χ1v) is 24.8. The van der Waals surface area contributed by atoms with Crippen LogP contribution in [-0.4, -0.2) is 81.3 Å². The lowest BCUT2D eigenvalue weighted by atomic mass is 9.98. The minimum absolute atomic E-state index is 0.0331. The van der Waals surface area contributed by atoms with E-state index in [1.807, 2.05) is 62.6 Å². The molecule has 0 aliphatic heterocycles. The summed E-state index contributed by atoms with van der Waals surface area (Å²) < 4.78 is 20.2. The van der Waals surface area contributed by atoms with Gasteiger partial charge in [0.15, 0.2) is 17.4 Å². The number of Topliss-reactive ketones (excluding diaryl/α,β-unsaturated/α-hetero) is 4. The van der Waals surface area contributed by atoms with Crippen LogP contribution in [0.15, 0.2) is 116 Å². The maximum atomic E-state index is 12.7. The molecule has 2 aromatic heterocycles. The summed E-state index contributed by atoms with van der Waals surface area (Å²) in [6.07, 6.45) is 8.18. The van der Waals surface area contributed by atoms with Gasteiger partial charge < -0.3 is 28.2 Å². The predicted octanol–water partition coefficient (Wildman–Crippen LogP) is 10.1. The van der Waals surface area contributed by atoms with E-state index in [9.17, 15) is 28.8 Å². The first kappa shape index (κ1) is 54.1. The number of carbonyl (C=O) groups excluding carboxylic acids is 6. The fraction of sp³-hybridized carbons (Fsp3) is 0.373. The smallest absolute Gasteiger partial charge is 0.306 e. The van der Waals surface area contributed by atoms with Crippen molar-refractivity contribution in [1.29, 1.82) is 0 Å². The molecule has 1 aliphatic carbocycles. The molecule has 0 saturated heterocycles. The highest BCUT2D eigenvalue weighted by Crippen LogP contribution is 2.44. The number of aryl methyl sites for hydroxylation is 3. The molecule has 2 heterocycles. The van der Waals surface area contributed by atoms with Crippen molar-refractivity contribution < 1.29 is 43.0 Å². The molecule has 6 aromatic rings. The summed E-state index contributed by atoms with van der Waals surface area (Å²) in [6, 6.07) is 34.0.